The van der Waals surface area contributed by atoms with E-state index < -0.39 is 11.9 Å². The van der Waals surface area contributed by atoms with Crippen LogP contribution in [0.15, 0.2) is 54.6 Å². The summed E-state index contributed by atoms with van der Waals surface area (Å²) in [5.74, 6) is -1.18. The van der Waals surface area contributed by atoms with Crippen molar-refractivity contribution in [3.63, 3.8) is 0 Å². The van der Waals surface area contributed by atoms with Crippen LogP contribution in [0.25, 0.3) is 0 Å². The molecule has 1 unspecified atom stereocenters. The van der Waals surface area contributed by atoms with Crippen molar-refractivity contribution in [3.8, 4) is 0 Å². The molecule has 0 aliphatic carbocycles. The summed E-state index contributed by atoms with van der Waals surface area (Å²) >= 11 is 5.82. The number of carbonyl (C=O) groups is 1. The normalized spacial score (nSPS) is 12.1. The van der Waals surface area contributed by atoms with Crippen molar-refractivity contribution in [2.75, 3.05) is 0 Å². The summed E-state index contributed by atoms with van der Waals surface area (Å²) in [6.07, 6.45) is 1.06. The first-order valence-electron chi connectivity index (χ1n) is 6.16. The van der Waals surface area contributed by atoms with E-state index in [2.05, 4.69) is 0 Å². The van der Waals surface area contributed by atoms with Crippen LogP contribution in [0.5, 0.6) is 0 Å². The molecule has 0 radical (unpaired) electrons. The number of carboxylic acids is 1. The largest absolute Gasteiger partial charge is 0.481 e. The van der Waals surface area contributed by atoms with Crippen LogP contribution in [-0.2, 0) is 17.6 Å². The summed E-state index contributed by atoms with van der Waals surface area (Å²) in [5.41, 5.74) is 2.04. The summed E-state index contributed by atoms with van der Waals surface area (Å²) in [7, 11) is 0. The molecule has 1 N–H and O–H groups in total. The van der Waals surface area contributed by atoms with Gasteiger partial charge < -0.3 is 5.11 Å². The van der Waals surface area contributed by atoms with Crippen molar-refractivity contribution in [1.29, 1.82) is 0 Å². The minimum absolute atomic E-state index is 0.413. The lowest BCUT2D eigenvalue weighted by atomic mass is 9.93. The zero-order valence-corrected chi connectivity index (χ0v) is 11.2. The van der Waals surface area contributed by atoms with Gasteiger partial charge in [-0.05, 0) is 36.1 Å². The maximum absolute atomic E-state index is 11.3. The fourth-order valence-electron chi connectivity index (χ4n) is 2.05. The monoisotopic (exact) mass is 274 g/mol. The van der Waals surface area contributed by atoms with E-state index in [-0.39, 0.29) is 0 Å². The van der Waals surface area contributed by atoms with Crippen LogP contribution < -0.4 is 0 Å². The Morgan fingerprint density at radius 1 is 0.947 bits per heavy atom. The molecule has 2 nitrogen and oxygen atoms in total. The molecule has 0 amide bonds. The molecular weight excluding hydrogens is 260 g/mol. The first-order chi connectivity index (χ1) is 9.15. The fourth-order valence-corrected chi connectivity index (χ4v) is 2.18. The van der Waals surface area contributed by atoms with Gasteiger partial charge in [-0.2, -0.15) is 0 Å². The molecule has 2 aromatic carbocycles. The predicted molar refractivity (Wildman–Crippen MR) is 76.4 cm³/mol. The van der Waals surface area contributed by atoms with E-state index in [1.54, 1.807) is 12.1 Å². The predicted octanol–water partition coefficient (Wildman–Crippen LogP) is 3.83. The molecule has 0 bridgehead atoms. The SMILES string of the molecule is O=C(O)C(Cc1ccccc1)Cc1ccc(Cl)cc1. The van der Waals surface area contributed by atoms with E-state index in [1.165, 1.54) is 0 Å². The maximum Gasteiger partial charge on any atom is 0.307 e. The maximum atomic E-state index is 11.3. The molecular formula is C16H15ClO2. The fraction of sp³-hybridized carbons (Fsp3) is 0.188. The van der Waals surface area contributed by atoms with E-state index in [4.69, 9.17) is 11.6 Å². The number of aliphatic carboxylic acids is 1. The van der Waals surface area contributed by atoms with Crippen molar-refractivity contribution in [2.24, 2.45) is 5.92 Å². The minimum atomic E-state index is -0.765. The molecule has 19 heavy (non-hydrogen) atoms. The van der Waals surface area contributed by atoms with Gasteiger partial charge in [0.1, 0.15) is 0 Å². The van der Waals surface area contributed by atoms with Gasteiger partial charge in [0.2, 0.25) is 0 Å². The third-order valence-corrected chi connectivity index (χ3v) is 3.32. The molecule has 0 saturated heterocycles. The standard InChI is InChI=1S/C16H15ClO2/c17-15-8-6-13(7-9-15)11-14(16(18)19)10-12-4-2-1-3-5-12/h1-9,14H,10-11H2,(H,18,19). The number of hydrogen-bond donors (Lipinski definition) is 1. The summed E-state index contributed by atoms with van der Waals surface area (Å²) in [5, 5.41) is 9.99. The Balaban J connectivity index is 2.08. The first kappa shape index (κ1) is 13.6. The smallest absolute Gasteiger partial charge is 0.307 e. The molecule has 0 heterocycles. The first-order valence-corrected chi connectivity index (χ1v) is 6.54. The van der Waals surface area contributed by atoms with E-state index in [0.29, 0.717) is 17.9 Å². The molecule has 0 saturated carbocycles. The zero-order chi connectivity index (χ0) is 13.7. The molecule has 2 rings (SSSR count). The quantitative estimate of drug-likeness (QED) is 0.900. The van der Waals surface area contributed by atoms with Crippen LogP contribution in [-0.4, -0.2) is 11.1 Å². The molecule has 1 atom stereocenters. The highest BCUT2D eigenvalue weighted by atomic mass is 35.5. The van der Waals surface area contributed by atoms with Crippen LogP contribution in [0.3, 0.4) is 0 Å². The lowest BCUT2D eigenvalue weighted by Crippen LogP contribution is -2.19. The third-order valence-electron chi connectivity index (χ3n) is 3.07. The third kappa shape index (κ3) is 4.11. The average molecular weight is 275 g/mol. The number of hydrogen-bond acceptors (Lipinski definition) is 1. The van der Waals surface area contributed by atoms with Crippen molar-refractivity contribution < 1.29 is 9.90 Å². The number of halogens is 1. The lowest BCUT2D eigenvalue weighted by Gasteiger charge is -2.12. The van der Waals surface area contributed by atoms with Gasteiger partial charge in [-0.1, -0.05) is 54.1 Å². The Morgan fingerprint density at radius 3 is 2.00 bits per heavy atom. The highest BCUT2D eigenvalue weighted by molar-refractivity contribution is 6.30. The molecule has 0 fully saturated rings. The molecule has 0 spiro atoms. The topological polar surface area (TPSA) is 37.3 Å². The lowest BCUT2D eigenvalue weighted by molar-refractivity contribution is -0.141. The van der Waals surface area contributed by atoms with Gasteiger partial charge >= 0.3 is 5.97 Å². The number of benzene rings is 2. The van der Waals surface area contributed by atoms with Crippen molar-refractivity contribution in [2.45, 2.75) is 12.8 Å². The molecule has 0 aromatic heterocycles. The van der Waals surface area contributed by atoms with Gasteiger partial charge in [-0.3, -0.25) is 4.79 Å². The average Bonchev–Trinajstić information content (AvgIpc) is 2.41. The second-order valence-corrected chi connectivity index (χ2v) is 4.99. The van der Waals surface area contributed by atoms with Crippen molar-refractivity contribution in [3.05, 3.63) is 70.7 Å². The Kier molecular flexibility index (Phi) is 4.58. The Morgan fingerprint density at radius 2 is 1.47 bits per heavy atom. The summed E-state index contributed by atoms with van der Waals surface area (Å²) in [6.45, 7) is 0. The molecule has 98 valence electrons. The second-order valence-electron chi connectivity index (χ2n) is 4.56. The van der Waals surface area contributed by atoms with Crippen LogP contribution >= 0.6 is 11.6 Å². The Labute approximate surface area is 117 Å². The molecule has 2 aromatic rings. The van der Waals surface area contributed by atoms with Crippen LogP contribution in [0.4, 0.5) is 0 Å². The van der Waals surface area contributed by atoms with Crippen molar-refractivity contribution >= 4 is 17.6 Å². The van der Waals surface area contributed by atoms with Gasteiger partial charge in [0, 0.05) is 5.02 Å². The van der Waals surface area contributed by atoms with Gasteiger partial charge in [-0.25, -0.2) is 0 Å². The van der Waals surface area contributed by atoms with E-state index in [1.807, 2.05) is 42.5 Å². The van der Waals surface area contributed by atoms with Gasteiger partial charge in [0.15, 0.2) is 0 Å². The Bertz CT molecular complexity index is 534. The summed E-state index contributed by atoms with van der Waals surface area (Å²) in [6, 6.07) is 17.0. The highest BCUT2D eigenvalue weighted by Gasteiger charge is 2.18. The van der Waals surface area contributed by atoms with E-state index >= 15 is 0 Å². The number of rotatable bonds is 5. The van der Waals surface area contributed by atoms with E-state index in [0.717, 1.165) is 11.1 Å². The molecule has 3 heteroatoms. The summed E-state index contributed by atoms with van der Waals surface area (Å²) < 4.78 is 0. The zero-order valence-electron chi connectivity index (χ0n) is 10.4. The van der Waals surface area contributed by atoms with E-state index in [9.17, 15) is 9.90 Å². The van der Waals surface area contributed by atoms with Crippen LogP contribution in [0.1, 0.15) is 11.1 Å². The van der Waals surface area contributed by atoms with Gasteiger partial charge in [-0.15, -0.1) is 0 Å². The Hall–Kier alpha value is -1.80. The molecule has 0 aliphatic heterocycles. The van der Waals surface area contributed by atoms with Gasteiger partial charge in [0.25, 0.3) is 0 Å². The van der Waals surface area contributed by atoms with Crippen LogP contribution in [0, 0.1) is 5.92 Å². The van der Waals surface area contributed by atoms with Gasteiger partial charge in [0.05, 0.1) is 5.92 Å². The highest BCUT2D eigenvalue weighted by Crippen LogP contribution is 2.17. The number of carboxylic acid groups (broad SMARTS) is 1. The molecule has 0 aliphatic rings. The minimum Gasteiger partial charge on any atom is -0.481 e. The van der Waals surface area contributed by atoms with Crippen LogP contribution in [0.2, 0.25) is 5.02 Å². The second kappa shape index (κ2) is 6.39. The summed E-state index contributed by atoms with van der Waals surface area (Å²) in [4.78, 5) is 11.3. The van der Waals surface area contributed by atoms with Crippen molar-refractivity contribution in [1.82, 2.24) is 0 Å².